The van der Waals surface area contributed by atoms with Crippen LogP contribution in [-0.4, -0.2) is 38.3 Å². The molecular formula is C18H21NO3S. The number of ether oxygens (including phenoxy) is 2. The Morgan fingerprint density at radius 3 is 2.48 bits per heavy atom. The van der Waals surface area contributed by atoms with Gasteiger partial charge in [0.15, 0.2) is 11.5 Å². The van der Waals surface area contributed by atoms with Crippen molar-refractivity contribution in [3.8, 4) is 11.5 Å². The number of carbonyl (C=O) groups excluding carboxylic acids is 1. The summed E-state index contributed by atoms with van der Waals surface area (Å²) in [5, 5.41) is 0. The van der Waals surface area contributed by atoms with E-state index >= 15 is 0 Å². The molecule has 0 aliphatic rings. The van der Waals surface area contributed by atoms with E-state index in [0.29, 0.717) is 23.6 Å². The molecule has 0 heterocycles. The maximum absolute atomic E-state index is 12.7. The van der Waals surface area contributed by atoms with Gasteiger partial charge >= 0.3 is 0 Å². The van der Waals surface area contributed by atoms with E-state index < -0.39 is 0 Å². The van der Waals surface area contributed by atoms with Crippen molar-refractivity contribution < 1.29 is 14.3 Å². The summed E-state index contributed by atoms with van der Waals surface area (Å²) in [6.45, 7) is 0.446. The lowest BCUT2D eigenvalue weighted by atomic mass is 10.1. The molecule has 4 nitrogen and oxygen atoms in total. The van der Waals surface area contributed by atoms with Crippen LogP contribution >= 0.6 is 11.8 Å². The first-order valence-electron chi connectivity index (χ1n) is 7.20. The number of nitrogens with zero attached hydrogens (tertiary/aromatic N) is 1. The summed E-state index contributed by atoms with van der Waals surface area (Å²) in [5.74, 6) is 1.31. The summed E-state index contributed by atoms with van der Waals surface area (Å²) in [7, 11) is 5.00. The molecule has 0 fully saturated rings. The van der Waals surface area contributed by atoms with Crippen LogP contribution in [0.5, 0.6) is 11.5 Å². The summed E-state index contributed by atoms with van der Waals surface area (Å²) < 4.78 is 10.7. The zero-order chi connectivity index (χ0) is 16.8. The number of thioether (sulfide) groups is 1. The Kier molecular flexibility index (Phi) is 5.93. The fourth-order valence-corrected chi connectivity index (χ4v) is 3.02. The van der Waals surface area contributed by atoms with Gasteiger partial charge in [-0.2, -0.15) is 0 Å². The van der Waals surface area contributed by atoms with Gasteiger partial charge in [0, 0.05) is 24.1 Å². The lowest BCUT2D eigenvalue weighted by Crippen LogP contribution is -2.26. The van der Waals surface area contributed by atoms with Crippen LogP contribution in [0.4, 0.5) is 0 Å². The van der Waals surface area contributed by atoms with Crippen LogP contribution in [0.1, 0.15) is 15.9 Å². The molecule has 0 aliphatic carbocycles. The maximum atomic E-state index is 12.7. The van der Waals surface area contributed by atoms with Crippen LogP contribution in [0.15, 0.2) is 47.4 Å². The Morgan fingerprint density at radius 1 is 1.09 bits per heavy atom. The molecular weight excluding hydrogens is 310 g/mol. The van der Waals surface area contributed by atoms with Gasteiger partial charge in [0.2, 0.25) is 0 Å². The molecule has 2 aromatic carbocycles. The first-order valence-corrected chi connectivity index (χ1v) is 8.43. The van der Waals surface area contributed by atoms with Crippen LogP contribution in [0.3, 0.4) is 0 Å². The standard InChI is InChI=1S/C18H21NO3S/c1-19(18(20)14-9-5-6-11-16(14)23-4)12-13-8-7-10-15(21-2)17(13)22-3/h5-11H,12H2,1-4H3. The monoisotopic (exact) mass is 331 g/mol. The van der Waals surface area contributed by atoms with Gasteiger partial charge in [-0.05, 0) is 24.5 Å². The highest BCUT2D eigenvalue weighted by molar-refractivity contribution is 7.98. The average molecular weight is 331 g/mol. The Morgan fingerprint density at radius 2 is 1.83 bits per heavy atom. The quantitative estimate of drug-likeness (QED) is 0.757. The van der Waals surface area contributed by atoms with Crippen LogP contribution in [0.25, 0.3) is 0 Å². The molecule has 0 aliphatic heterocycles. The number of benzene rings is 2. The van der Waals surface area contributed by atoms with E-state index in [1.165, 1.54) is 0 Å². The molecule has 122 valence electrons. The minimum absolute atomic E-state index is 0.0141. The second-order valence-electron chi connectivity index (χ2n) is 5.01. The molecule has 0 aromatic heterocycles. The van der Waals surface area contributed by atoms with Crippen molar-refractivity contribution in [2.24, 2.45) is 0 Å². The second-order valence-corrected chi connectivity index (χ2v) is 5.86. The van der Waals surface area contributed by atoms with Gasteiger partial charge in [-0.1, -0.05) is 24.3 Å². The number of amides is 1. The molecule has 0 N–H and O–H groups in total. The first-order chi connectivity index (χ1) is 11.1. The molecule has 2 aromatic rings. The van der Waals surface area contributed by atoms with Gasteiger partial charge < -0.3 is 14.4 Å². The first kappa shape index (κ1) is 17.2. The molecule has 0 atom stereocenters. The summed E-state index contributed by atoms with van der Waals surface area (Å²) in [5.41, 5.74) is 1.62. The number of hydrogen-bond acceptors (Lipinski definition) is 4. The lowest BCUT2D eigenvalue weighted by Gasteiger charge is -2.21. The third-order valence-electron chi connectivity index (χ3n) is 3.58. The van der Waals surface area contributed by atoms with Crippen LogP contribution in [0.2, 0.25) is 0 Å². The molecule has 0 bridgehead atoms. The second kappa shape index (κ2) is 7.92. The third kappa shape index (κ3) is 3.79. The topological polar surface area (TPSA) is 38.8 Å². The Hall–Kier alpha value is -2.14. The van der Waals surface area contributed by atoms with Gasteiger partial charge in [-0.3, -0.25) is 4.79 Å². The van der Waals surface area contributed by atoms with Crippen LogP contribution < -0.4 is 9.47 Å². The zero-order valence-corrected chi connectivity index (χ0v) is 14.6. The maximum Gasteiger partial charge on any atom is 0.255 e. The molecule has 0 unspecified atom stereocenters. The number of methoxy groups -OCH3 is 2. The highest BCUT2D eigenvalue weighted by atomic mass is 32.2. The molecule has 23 heavy (non-hydrogen) atoms. The van der Waals surface area contributed by atoms with E-state index in [4.69, 9.17) is 9.47 Å². The smallest absolute Gasteiger partial charge is 0.255 e. The molecule has 0 saturated carbocycles. The van der Waals surface area contributed by atoms with E-state index in [-0.39, 0.29) is 5.91 Å². The van der Waals surface area contributed by atoms with Crippen LogP contribution in [0, 0.1) is 0 Å². The minimum Gasteiger partial charge on any atom is -0.493 e. The van der Waals surface area contributed by atoms with E-state index in [0.717, 1.165) is 10.5 Å². The molecule has 0 saturated heterocycles. The van der Waals surface area contributed by atoms with Gasteiger partial charge in [-0.25, -0.2) is 0 Å². The number of para-hydroxylation sites is 1. The lowest BCUT2D eigenvalue weighted by molar-refractivity contribution is 0.0780. The van der Waals surface area contributed by atoms with E-state index in [1.54, 1.807) is 37.9 Å². The Balaban J connectivity index is 2.25. The highest BCUT2D eigenvalue weighted by Crippen LogP contribution is 2.31. The molecule has 0 radical (unpaired) electrons. The van der Waals surface area contributed by atoms with E-state index in [1.807, 2.05) is 48.7 Å². The molecule has 2 rings (SSSR count). The van der Waals surface area contributed by atoms with E-state index in [2.05, 4.69) is 0 Å². The number of carbonyl (C=O) groups is 1. The predicted molar refractivity (Wildman–Crippen MR) is 93.6 cm³/mol. The summed E-state index contributed by atoms with van der Waals surface area (Å²) in [6.07, 6.45) is 1.97. The van der Waals surface area contributed by atoms with Crippen molar-refractivity contribution in [2.75, 3.05) is 27.5 Å². The summed E-state index contributed by atoms with van der Waals surface area (Å²) in [6, 6.07) is 13.3. The van der Waals surface area contributed by atoms with Crippen molar-refractivity contribution in [2.45, 2.75) is 11.4 Å². The van der Waals surface area contributed by atoms with Crippen molar-refractivity contribution in [3.63, 3.8) is 0 Å². The molecule has 5 heteroatoms. The SMILES string of the molecule is COc1cccc(CN(C)C(=O)c2ccccc2SC)c1OC. The van der Waals surface area contributed by atoms with Crippen molar-refractivity contribution in [3.05, 3.63) is 53.6 Å². The third-order valence-corrected chi connectivity index (χ3v) is 4.37. The van der Waals surface area contributed by atoms with Gasteiger partial charge in [-0.15, -0.1) is 11.8 Å². The predicted octanol–water partition coefficient (Wildman–Crippen LogP) is 3.70. The largest absolute Gasteiger partial charge is 0.493 e. The van der Waals surface area contributed by atoms with Gasteiger partial charge in [0.05, 0.1) is 19.8 Å². The number of hydrogen-bond donors (Lipinski definition) is 0. The van der Waals surface area contributed by atoms with Crippen molar-refractivity contribution >= 4 is 17.7 Å². The minimum atomic E-state index is -0.0141. The van der Waals surface area contributed by atoms with Crippen LogP contribution in [-0.2, 0) is 6.54 Å². The van der Waals surface area contributed by atoms with Crippen molar-refractivity contribution in [1.82, 2.24) is 4.90 Å². The zero-order valence-electron chi connectivity index (χ0n) is 13.8. The van der Waals surface area contributed by atoms with E-state index in [9.17, 15) is 4.79 Å². The fraction of sp³-hybridized carbons (Fsp3) is 0.278. The highest BCUT2D eigenvalue weighted by Gasteiger charge is 2.18. The fourth-order valence-electron chi connectivity index (χ4n) is 2.43. The Bertz CT molecular complexity index is 688. The summed E-state index contributed by atoms with van der Waals surface area (Å²) >= 11 is 1.57. The number of rotatable bonds is 6. The van der Waals surface area contributed by atoms with Gasteiger partial charge in [0.1, 0.15) is 0 Å². The molecule has 0 spiro atoms. The average Bonchev–Trinajstić information content (AvgIpc) is 2.60. The molecule has 1 amide bonds. The normalized spacial score (nSPS) is 10.3. The summed E-state index contributed by atoms with van der Waals surface area (Å²) in [4.78, 5) is 15.4. The Labute approximate surface area is 141 Å². The van der Waals surface area contributed by atoms with Gasteiger partial charge in [0.25, 0.3) is 5.91 Å². The van der Waals surface area contributed by atoms with Crippen molar-refractivity contribution in [1.29, 1.82) is 0 Å².